The van der Waals surface area contributed by atoms with Crippen molar-refractivity contribution >= 4 is 22.6 Å². The number of carbonyl (C=O) groups excluding carboxylic acids is 1. The molecule has 0 bridgehead atoms. The third-order valence-electron chi connectivity index (χ3n) is 4.26. The van der Waals surface area contributed by atoms with Gasteiger partial charge in [-0.2, -0.15) is 15.0 Å². The fraction of sp³-hybridized carbons (Fsp3) is 0.158. The summed E-state index contributed by atoms with van der Waals surface area (Å²) in [5, 5.41) is 15.7. The molecule has 4 rings (SSSR count). The van der Waals surface area contributed by atoms with Crippen LogP contribution in [0.5, 0.6) is 0 Å². The molecule has 9 heteroatoms. The van der Waals surface area contributed by atoms with Crippen LogP contribution in [0.25, 0.3) is 22.0 Å². The number of hydrogen-bond acceptors (Lipinski definition) is 4. The van der Waals surface area contributed by atoms with Crippen molar-refractivity contribution in [1.29, 1.82) is 0 Å². The molecule has 28 heavy (non-hydrogen) atoms. The summed E-state index contributed by atoms with van der Waals surface area (Å²) in [6.07, 6.45) is 3.08. The van der Waals surface area contributed by atoms with Gasteiger partial charge in [-0.3, -0.25) is 9.48 Å². The number of rotatable bonds is 5. The highest BCUT2D eigenvalue weighted by Crippen LogP contribution is 2.27. The van der Waals surface area contributed by atoms with Gasteiger partial charge in [0, 0.05) is 17.0 Å². The van der Waals surface area contributed by atoms with Crippen molar-refractivity contribution in [2.75, 3.05) is 5.32 Å². The molecule has 1 N–H and O–H groups in total. The Bertz CT molecular complexity index is 1170. The van der Waals surface area contributed by atoms with Gasteiger partial charge in [-0.1, -0.05) is 6.07 Å². The third-order valence-corrected chi connectivity index (χ3v) is 4.26. The molecule has 7 nitrogen and oxygen atoms in total. The minimum absolute atomic E-state index is 0.00720. The predicted octanol–water partition coefficient (Wildman–Crippen LogP) is 3.23. The van der Waals surface area contributed by atoms with Gasteiger partial charge < -0.3 is 5.32 Å². The molecule has 0 aliphatic heterocycles. The first-order valence-corrected chi connectivity index (χ1v) is 8.64. The Labute approximate surface area is 158 Å². The lowest BCUT2D eigenvalue weighted by Crippen LogP contribution is -2.19. The second kappa shape index (κ2) is 7.18. The van der Waals surface area contributed by atoms with E-state index in [1.54, 1.807) is 29.1 Å². The number of amides is 1. The van der Waals surface area contributed by atoms with Gasteiger partial charge in [-0.05, 0) is 36.8 Å². The molecule has 0 aliphatic carbocycles. The summed E-state index contributed by atoms with van der Waals surface area (Å²) in [5.41, 5.74) is 1.62. The molecule has 2 aromatic heterocycles. The molecular weight excluding hydrogens is 366 g/mol. The predicted molar refractivity (Wildman–Crippen MR) is 99.4 cm³/mol. The second-order valence-corrected chi connectivity index (χ2v) is 6.17. The summed E-state index contributed by atoms with van der Waals surface area (Å²) in [6, 6.07) is 8.67. The minimum Gasteiger partial charge on any atom is -0.306 e. The molecule has 4 aromatic rings. The Morgan fingerprint density at radius 1 is 1.11 bits per heavy atom. The van der Waals surface area contributed by atoms with Crippen molar-refractivity contribution in [2.45, 2.75) is 20.0 Å². The maximum absolute atomic E-state index is 14.0. The Balaban J connectivity index is 1.55. The van der Waals surface area contributed by atoms with Crippen molar-refractivity contribution in [3.05, 3.63) is 60.4 Å². The van der Waals surface area contributed by atoms with E-state index in [-0.39, 0.29) is 12.5 Å². The second-order valence-electron chi connectivity index (χ2n) is 6.17. The number of hydrogen-bond donors (Lipinski definition) is 1. The van der Waals surface area contributed by atoms with Crippen LogP contribution in [0.3, 0.4) is 0 Å². The highest BCUT2D eigenvalue weighted by Gasteiger charge is 2.12. The lowest BCUT2D eigenvalue weighted by Gasteiger charge is -2.06. The number of carbonyl (C=O) groups is 1. The van der Waals surface area contributed by atoms with Crippen molar-refractivity contribution in [2.24, 2.45) is 0 Å². The molecule has 0 unspecified atom stereocenters. The molecule has 0 radical (unpaired) electrons. The van der Waals surface area contributed by atoms with Gasteiger partial charge in [0.05, 0.1) is 24.5 Å². The van der Waals surface area contributed by atoms with Crippen LogP contribution in [-0.2, 0) is 17.9 Å². The number of benzene rings is 2. The molecule has 0 saturated heterocycles. The number of aryl methyl sites for hydroxylation is 1. The zero-order chi connectivity index (χ0) is 19.7. The summed E-state index contributed by atoms with van der Waals surface area (Å²) >= 11 is 0. The number of nitrogens with zero attached hydrogens (tertiary/aromatic N) is 5. The Morgan fingerprint density at radius 2 is 1.96 bits per heavy atom. The molecule has 2 aromatic carbocycles. The standard InChI is InChI=1S/C19H16F2N6O/c1-2-27-23-10-18(25-27)24-19(28)11-26-17-6-3-12(7-13(17)9-22-26)15-5-4-14(20)8-16(15)21/h3-10H,2,11H2,1H3,(H,24,25,28). The third kappa shape index (κ3) is 3.46. The fourth-order valence-electron chi connectivity index (χ4n) is 2.93. The van der Waals surface area contributed by atoms with Crippen LogP contribution in [0, 0.1) is 11.6 Å². The number of aromatic nitrogens is 5. The lowest BCUT2D eigenvalue weighted by atomic mass is 10.0. The van der Waals surface area contributed by atoms with Gasteiger partial charge in [0.25, 0.3) is 0 Å². The van der Waals surface area contributed by atoms with Crippen LogP contribution in [0.4, 0.5) is 14.6 Å². The largest absolute Gasteiger partial charge is 0.306 e. The molecule has 142 valence electrons. The maximum Gasteiger partial charge on any atom is 0.247 e. The monoisotopic (exact) mass is 382 g/mol. The zero-order valence-electron chi connectivity index (χ0n) is 14.9. The topological polar surface area (TPSA) is 77.6 Å². The van der Waals surface area contributed by atoms with E-state index in [2.05, 4.69) is 20.6 Å². The molecule has 0 aliphatic rings. The summed E-state index contributed by atoms with van der Waals surface area (Å²) in [5.74, 6) is -1.18. The van der Waals surface area contributed by atoms with Gasteiger partial charge in [-0.25, -0.2) is 8.78 Å². The quantitative estimate of drug-likeness (QED) is 0.575. The van der Waals surface area contributed by atoms with Crippen molar-refractivity contribution < 1.29 is 13.6 Å². The van der Waals surface area contributed by atoms with Crippen molar-refractivity contribution in [1.82, 2.24) is 24.8 Å². The van der Waals surface area contributed by atoms with Crippen LogP contribution >= 0.6 is 0 Å². The lowest BCUT2D eigenvalue weighted by molar-refractivity contribution is -0.116. The summed E-state index contributed by atoms with van der Waals surface area (Å²) in [7, 11) is 0. The zero-order valence-corrected chi connectivity index (χ0v) is 14.9. The first kappa shape index (κ1) is 17.8. The first-order chi connectivity index (χ1) is 13.5. The molecule has 2 heterocycles. The average Bonchev–Trinajstić information content (AvgIpc) is 3.28. The maximum atomic E-state index is 14.0. The number of fused-ring (bicyclic) bond motifs is 1. The number of halogens is 2. The van der Waals surface area contributed by atoms with Crippen molar-refractivity contribution in [3.63, 3.8) is 0 Å². The van der Waals surface area contributed by atoms with E-state index in [0.29, 0.717) is 23.5 Å². The number of anilines is 1. The van der Waals surface area contributed by atoms with E-state index in [1.165, 1.54) is 23.1 Å². The molecule has 0 spiro atoms. The van der Waals surface area contributed by atoms with Crippen LogP contribution in [0.15, 0.2) is 48.8 Å². The SMILES string of the molecule is CCn1ncc(NC(=O)Cn2ncc3cc(-c4ccc(F)cc4F)ccc32)n1. The Hall–Kier alpha value is -3.62. The first-order valence-electron chi connectivity index (χ1n) is 8.64. The van der Waals surface area contributed by atoms with Gasteiger partial charge in [0.15, 0.2) is 5.82 Å². The summed E-state index contributed by atoms with van der Waals surface area (Å²) in [6.45, 7) is 2.50. The van der Waals surface area contributed by atoms with E-state index in [0.717, 1.165) is 17.0 Å². The van der Waals surface area contributed by atoms with Gasteiger partial charge in [-0.15, -0.1) is 5.10 Å². The summed E-state index contributed by atoms with van der Waals surface area (Å²) in [4.78, 5) is 13.7. The molecule has 0 saturated carbocycles. The summed E-state index contributed by atoms with van der Waals surface area (Å²) < 4.78 is 28.7. The highest BCUT2D eigenvalue weighted by atomic mass is 19.1. The van der Waals surface area contributed by atoms with Crippen LogP contribution in [-0.4, -0.2) is 30.7 Å². The fourth-order valence-corrected chi connectivity index (χ4v) is 2.93. The van der Waals surface area contributed by atoms with E-state index >= 15 is 0 Å². The Kier molecular flexibility index (Phi) is 4.56. The van der Waals surface area contributed by atoms with Crippen LogP contribution in [0.2, 0.25) is 0 Å². The normalized spacial score (nSPS) is 11.1. The highest BCUT2D eigenvalue weighted by molar-refractivity contribution is 5.91. The van der Waals surface area contributed by atoms with Gasteiger partial charge in [0.2, 0.25) is 5.91 Å². The van der Waals surface area contributed by atoms with E-state index < -0.39 is 11.6 Å². The Morgan fingerprint density at radius 3 is 2.71 bits per heavy atom. The molecular formula is C19H16F2N6O. The van der Waals surface area contributed by atoms with E-state index in [1.807, 2.05) is 6.92 Å². The average molecular weight is 382 g/mol. The number of nitrogens with one attached hydrogen (secondary N) is 1. The van der Waals surface area contributed by atoms with Crippen molar-refractivity contribution in [3.8, 4) is 11.1 Å². The molecule has 0 fully saturated rings. The minimum atomic E-state index is -0.633. The smallest absolute Gasteiger partial charge is 0.247 e. The van der Waals surface area contributed by atoms with Gasteiger partial charge in [0.1, 0.15) is 18.2 Å². The van der Waals surface area contributed by atoms with E-state index in [4.69, 9.17) is 0 Å². The molecule has 0 atom stereocenters. The van der Waals surface area contributed by atoms with Crippen LogP contribution < -0.4 is 5.32 Å². The van der Waals surface area contributed by atoms with E-state index in [9.17, 15) is 13.6 Å². The van der Waals surface area contributed by atoms with Crippen LogP contribution in [0.1, 0.15) is 6.92 Å². The molecule has 1 amide bonds. The van der Waals surface area contributed by atoms with Gasteiger partial charge >= 0.3 is 0 Å².